The average molecular weight is 388 g/mol. The number of rotatable bonds is 7. The van der Waals surface area contributed by atoms with Gasteiger partial charge < -0.3 is 20.9 Å². The van der Waals surface area contributed by atoms with Crippen LogP contribution in [0.15, 0.2) is 24.3 Å². The first-order valence-electron chi connectivity index (χ1n) is 9.90. The molecule has 1 aliphatic heterocycles. The third kappa shape index (κ3) is 4.05. The quantitative estimate of drug-likeness (QED) is 0.489. The lowest BCUT2D eigenvalue weighted by Gasteiger charge is -2.33. The summed E-state index contributed by atoms with van der Waals surface area (Å²) in [5, 5.41) is 18.2. The summed E-state index contributed by atoms with van der Waals surface area (Å²) in [4.78, 5) is 0. The first-order chi connectivity index (χ1) is 13.5. The van der Waals surface area contributed by atoms with Gasteiger partial charge in [0.15, 0.2) is 6.29 Å². The minimum absolute atomic E-state index is 0.0985. The molecule has 0 bridgehead atoms. The van der Waals surface area contributed by atoms with Crippen LogP contribution < -0.4 is 11.1 Å². The second-order valence-electron chi connectivity index (χ2n) is 7.03. The number of hydrogen-bond donors (Lipinski definition) is 3. The van der Waals surface area contributed by atoms with E-state index >= 15 is 0 Å². The summed E-state index contributed by atoms with van der Waals surface area (Å²) in [6, 6.07) is 4.76. The van der Waals surface area contributed by atoms with Crippen LogP contribution in [0.5, 0.6) is 0 Å². The molecule has 0 saturated heterocycles. The SMILES string of the molecule is CC/C=C\c1cc(-c2cc3n(n2)C(CC)CC(C(O)OCC)N3)c(F)cc1N. The standard InChI is InChI=1S/C21H29FN4O2/c1-4-7-8-13-9-15(16(22)11-17(13)23)18-12-20-24-19(21(27)28-6-3)10-14(5-2)26(20)25-18/h7-9,11-12,14,19,21,24,27H,4-6,10,23H2,1-3H3/b8-7-. The summed E-state index contributed by atoms with van der Waals surface area (Å²) in [5.74, 6) is 0.347. The van der Waals surface area contributed by atoms with Gasteiger partial charge in [0.25, 0.3) is 0 Å². The van der Waals surface area contributed by atoms with E-state index in [1.807, 2.05) is 36.7 Å². The van der Waals surface area contributed by atoms with Gasteiger partial charge in [-0.1, -0.05) is 26.0 Å². The number of nitrogens with zero attached hydrogens (tertiary/aromatic N) is 2. The maximum absolute atomic E-state index is 14.7. The molecule has 0 radical (unpaired) electrons. The third-order valence-corrected chi connectivity index (χ3v) is 5.08. The fraction of sp³-hybridized carbons (Fsp3) is 0.476. The zero-order valence-electron chi connectivity index (χ0n) is 16.7. The van der Waals surface area contributed by atoms with Gasteiger partial charge in [0, 0.05) is 23.9 Å². The molecule has 0 saturated carbocycles. The predicted octanol–water partition coefficient (Wildman–Crippen LogP) is 4.18. The van der Waals surface area contributed by atoms with Crippen molar-refractivity contribution in [2.75, 3.05) is 17.7 Å². The Kier molecular flexibility index (Phi) is 6.36. The van der Waals surface area contributed by atoms with Crippen LogP contribution in [0.25, 0.3) is 17.3 Å². The first kappa shape index (κ1) is 20.4. The van der Waals surface area contributed by atoms with E-state index in [-0.39, 0.29) is 12.1 Å². The highest BCUT2D eigenvalue weighted by Crippen LogP contribution is 2.35. The van der Waals surface area contributed by atoms with Crippen molar-refractivity contribution in [1.82, 2.24) is 9.78 Å². The van der Waals surface area contributed by atoms with E-state index in [2.05, 4.69) is 17.3 Å². The Hall–Kier alpha value is -2.38. The number of aromatic nitrogens is 2. The topological polar surface area (TPSA) is 85.3 Å². The number of ether oxygens (including phenoxy) is 1. The number of aliphatic hydroxyl groups is 1. The van der Waals surface area contributed by atoms with Crippen LogP contribution in [0.1, 0.15) is 51.6 Å². The van der Waals surface area contributed by atoms with Crippen molar-refractivity contribution in [3.8, 4) is 11.3 Å². The van der Waals surface area contributed by atoms with Gasteiger partial charge in [0.1, 0.15) is 11.6 Å². The molecule has 152 valence electrons. The van der Waals surface area contributed by atoms with Crippen molar-refractivity contribution in [2.45, 2.75) is 58.4 Å². The average Bonchev–Trinajstić information content (AvgIpc) is 3.10. The highest BCUT2D eigenvalue weighted by atomic mass is 19.1. The van der Waals surface area contributed by atoms with Gasteiger partial charge in [-0.2, -0.15) is 5.10 Å². The summed E-state index contributed by atoms with van der Waals surface area (Å²) in [6.07, 6.45) is 5.39. The number of nitrogens with one attached hydrogen (secondary N) is 1. The van der Waals surface area contributed by atoms with Crippen LogP contribution in [0.2, 0.25) is 0 Å². The molecule has 3 atom stereocenters. The molecule has 0 fully saturated rings. The van der Waals surface area contributed by atoms with Gasteiger partial charge in [-0.25, -0.2) is 9.07 Å². The monoisotopic (exact) mass is 388 g/mol. The van der Waals surface area contributed by atoms with Crippen LogP contribution in [0.4, 0.5) is 15.9 Å². The fourth-order valence-electron chi connectivity index (χ4n) is 3.56. The molecule has 1 aromatic heterocycles. The molecule has 1 aliphatic rings. The molecule has 4 N–H and O–H groups in total. The second-order valence-corrected chi connectivity index (χ2v) is 7.03. The Balaban J connectivity index is 1.97. The fourth-order valence-corrected chi connectivity index (χ4v) is 3.56. The van der Waals surface area contributed by atoms with Crippen LogP contribution >= 0.6 is 0 Å². The van der Waals surface area contributed by atoms with Gasteiger partial charge in [0.2, 0.25) is 0 Å². The number of fused-ring (bicyclic) bond motifs is 1. The summed E-state index contributed by atoms with van der Waals surface area (Å²) in [6.45, 7) is 6.39. The number of hydrogen-bond acceptors (Lipinski definition) is 5. The predicted molar refractivity (Wildman–Crippen MR) is 110 cm³/mol. The van der Waals surface area contributed by atoms with Crippen LogP contribution in [-0.4, -0.2) is 33.8 Å². The Morgan fingerprint density at radius 1 is 1.39 bits per heavy atom. The van der Waals surface area contributed by atoms with Crippen LogP contribution in [0.3, 0.4) is 0 Å². The van der Waals surface area contributed by atoms with Crippen molar-refractivity contribution < 1.29 is 14.2 Å². The van der Waals surface area contributed by atoms with Crippen molar-refractivity contribution in [3.63, 3.8) is 0 Å². The number of nitrogen functional groups attached to an aromatic ring is 1. The number of allylic oxidation sites excluding steroid dienone is 1. The molecule has 7 heteroatoms. The number of halogens is 1. The summed E-state index contributed by atoms with van der Waals surface area (Å²) >= 11 is 0. The number of nitrogens with two attached hydrogens (primary N) is 1. The highest BCUT2D eigenvalue weighted by Gasteiger charge is 2.32. The molecule has 2 aromatic rings. The van der Waals surface area contributed by atoms with Gasteiger partial charge in [-0.05, 0) is 43.9 Å². The minimum atomic E-state index is -0.898. The van der Waals surface area contributed by atoms with Gasteiger partial charge in [-0.15, -0.1) is 0 Å². The Labute approximate surface area is 165 Å². The van der Waals surface area contributed by atoms with Gasteiger partial charge in [0.05, 0.1) is 17.8 Å². The van der Waals surface area contributed by atoms with Crippen molar-refractivity contribution in [1.29, 1.82) is 0 Å². The van der Waals surface area contributed by atoms with Gasteiger partial charge >= 0.3 is 0 Å². The van der Waals surface area contributed by atoms with E-state index in [4.69, 9.17) is 10.5 Å². The highest BCUT2D eigenvalue weighted by molar-refractivity contribution is 5.74. The molecule has 0 aliphatic carbocycles. The maximum atomic E-state index is 14.7. The van der Waals surface area contributed by atoms with Crippen molar-refractivity contribution >= 4 is 17.6 Å². The lowest BCUT2D eigenvalue weighted by Crippen LogP contribution is -2.41. The molecule has 3 unspecified atom stereocenters. The van der Waals surface area contributed by atoms with E-state index in [0.717, 1.165) is 24.2 Å². The lowest BCUT2D eigenvalue weighted by atomic mass is 10.0. The molecule has 0 spiro atoms. The number of aliphatic hydroxyl groups excluding tert-OH is 1. The summed E-state index contributed by atoms with van der Waals surface area (Å²) in [7, 11) is 0. The Morgan fingerprint density at radius 2 is 2.18 bits per heavy atom. The van der Waals surface area contributed by atoms with Gasteiger partial charge in [-0.3, -0.25) is 0 Å². The van der Waals surface area contributed by atoms with E-state index in [0.29, 0.717) is 30.0 Å². The van der Waals surface area contributed by atoms with E-state index in [9.17, 15) is 9.50 Å². The summed E-state index contributed by atoms with van der Waals surface area (Å²) in [5.41, 5.74) is 8.08. The second kappa shape index (κ2) is 8.75. The molecule has 6 nitrogen and oxygen atoms in total. The maximum Gasteiger partial charge on any atom is 0.174 e. The van der Waals surface area contributed by atoms with E-state index < -0.39 is 12.1 Å². The normalized spacial score (nSPS) is 20.2. The van der Waals surface area contributed by atoms with Crippen molar-refractivity contribution in [3.05, 3.63) is 35.7 Å². The zero-order valence-corrected chi connectivity index (χ0v) is 16.7. The van der Waals surface area contributed by atoms with E-state index in [1.165, 1.54) is 6.07 Å². The first-order valence-corrected chi connectivity index (χ1v) is 9.90. The smallest absolute Gasteiger partial charge is 0.174 e. The summed E-state index contributed by atoms with van der Waals surface area (Å²) < 4.78 is 21.9. The molecule has 2 heterocycles. The van der Waals surface area contributed by atoms with Crippen LogP contribution in [0, 0.1) is 5.82 Å². The lowest BCUT2D eigenvalue weighted by molar-refractivity contribution is -0.109. The number of benzene rings is 1. The molecular weight excluding hydrogens is 359 g/mol. The van der Waals surface area contributed by atoms with Crippen molar-refractivity contribution in [2.24, 2.45) is 0 Å². The molecule has 3 rings (SSSR count). The van der Waals surface area contributed by atoms with Crippen LogP contribution in [-0.2, 0) is 4.74 Å². The molecular formula is C21H29FN4O2. The molecule has 1 aromatic carbocycles. The molecule has 0 amide bonds. The van der Waals surface area contributed by atoms with E-state index in [1.54, 1.807) is 6.07 Å². The minimum Gasteiger partial charge on any atom is -0.398 e. The zero-order chi connectivity index (χ0) is 20.3. The number of anilines is 2. The Bertz CT molecular complexity index is 849. The largest absolute Gasteiger partial charge is 0.398 e. The molecule has 28 heavy (non-hydrogen) atoms. The third-order valence-electron chi connectivity index (χ3n) is 5.08. The Morgan fingerprint density at radius 3 is 2.86 bits per heavy atom.